The molecule has 1 atom stereocenters. The molecule has 0 aromatic heterocycles. The van der Waals surface area contributed by atoms with Crippen molar-refractivity contribution in [2.24, 2.45) is 4.99 Å². The molecule has 6 nitrogen and oxygen atoms in total. The molecule has 1 heterocycles. The number of nitrogens with one attached hydrogen (secondary N) is 2. The van der Waals surface area contributed by atoms with Gasteiger partial charge in [-0.1, -0.05) is 31.9 Å². The fraction of sp³-hybridized carbons (Fsp3) is 0.500. The SMILES string of the molecule is CCCCCOc1cccc(C2CN=C(NC(=O)OC)N2)c1. The number of benzene rings is 1. The van der Waals surface area contributed by atoms with Crippen LogP contribution in [0.5, 0.6) is 5.75 Å². The molecule has 1 aliphatic rings. The minimum Gasteiger partial charge on any atom is -0.494 e. The minimum atomic E-state index is -0.528. The van der Waals surface area contributed by atoms with Gasteiger partial charge in [0.05, 0.1) is 26.3 Å². The van der Waals surface area contributed by atoms with Gasteiger partial charge in [-0.05, 0) is 24.1 Å². The molecule has 120 valence electrons. The molecule has 0 aliphatic carbocycles. The predicted octanol–water partition coefficient (Wildman–Crippen LogP) is 2.61. The second kappa shape index (κ2) is 8.26. The van der Waals surface area contributed by atoms with Gasteiger partial charge in [-0.3, -0.25) is 10.3 Å². The van der Waals surface area contributed by atoms with Crippen LogP contribution in [0, 0.1) is 0 Å². The van der Waals surface area contributed by atoms with Crippen molar-refractivity contribution in [3.63, 3.8) is 0 Å². The third-order valence-corrected chi connectivity index (χ3v) is 3.43. The van der Waals surface area contributed by atoms with E-state index in [1.165, 1.54) is 20.0 Å². The lowest BCUT2D eigenvalue weighted by Crippen LogP contribution is -2.39. The van der Waals surface area contributed by atoms with Crippen LogP contribution in [0.15, 0.2) is 29.3 Å². The van der Waals surface area contributed by atoms with Gasteiger partial charge in [0.1, 0.15) is 5.75 Å². The molecule has 0 saturated carbocycles. The Hall–Kier alpha value is -2.24. The van der Waals surface area contributed by atoms with Crippen molar-refractivity contribution in [2.45, 2.75) is 32.2 Å². The molecule has 0 fully saturated rings. The number of nitrogens with zero attached hydrogens (tertiary/aromatic N) is 1. The van der Waals surface area contributed by atoms with E-state index in [2.05, 4.69) is 27.3 Å². The van der Waals surface area contributed by atoms with Crippen molar-refractivity contribution in [1.82, 2.24) is 10.6 Å². The number of amides is 1. The minimum absolute atomic E-state index is 0.0337. The largest absolute Gasteiger partial charge is 0.494 e. The number of unbranched alkanes of at least 4 members (excludes halogenated alkanes) is 2. The molecule has 0 radical (unpaired) electrons. The Morgan fingerprint density at radius 2 is 2.32 bits per heavy atom. The predicted molar refractivity (Wildman–Crippen MR) is 85.2 cm³/mol. The van der Waals surface area contributed by atoms with Gasteiger partial charge in [0.2, 0.25) is 5.96 Å². The summed E-state index contributed by atoms with van der Waals surface area (Å²) in [7, 11) is 1.32. The maximum atomic E-state index is 11.2. The van der Waals surface area contributed by atoms with Crippen molar-refractivity contribution in [1.29, 1.82) is 0 Å². The highest BCUT2D eigenvalue weighted by atomic mass is 16.5. The van der Waals surface area contributed by atoms with E-state index in [9.17, 15) is 4.79 Å². The molecule has 0 bridgehead atoms. The number of guanidine groups is 1. The summed E-state index contributed by atoms with van der Waals surface area (Å²) in [6.07, 6.45) is 2.90. The number of carbonyl (C=O) groups excluding carboxylic acids is 1. The Bertz CT molecular complexity index is 531. The second-order valence-electron chi connectivity index (χ2n) is 5.13. The van der Waals surface area contributed by atoms with Crippen LogP contribution < -0.4 is 15.4 Å². The first-order valence-electron chi connectivity index (χ1n) is 7.61. The third-order valence-electron chi connectivity index (χ3n) is 3.43. The van der Waals surface area contributed by atoms with E-state index < -0.39 is 6.09 Å². The molecule has 2 rings (SSSR count). The zero-order valence-corrected chi connectivity index (χ0v) is 13.1. The molecule has 6 heteroatoms. The summed E-state index contributed by atoms with van der Waals surface area (Å²) < 4.78 is 10.3. The van der Waals surface area contributed by atoms with Gasteiger partial charge >= 0.3 is 6.09 Å². The number of rotatable bonds is 6. The smallest absolute Gasteiger partial charge is 0.413 e. The highest BCUT2D eigenvalue weighted by Gasteiger charge is 2.21. The zero-order chi connectivity index (χ0) is 15.8. The van der Waals surface area contributed by atoms with Crippen LogP contribution in [0.25, 0.3) is 0 Å². The molecule has 1 amide bonds. The van der Waals surface area contributed by atoms with Gasteiger partial charge in [0.15, 0.2) is 0 Å². The van der Waals surface area contributed by atoms with Gasteiger partial charge in [0, 0.05) is 0 Å². The Morgan fingerprint density at radius 1 is 1.45 bits per heavy atom. The first kappa shape index (κ1) is 16.1. The van der Waals surface area contributed by atoms with Crippen LogP contribution in [-0.2, 0) is 4.74 Å². The molecular formula is C16H23N3O3. The zero-order valence-electron chi connectivity index (χ0n) is 13.1. The Balaban J connectivity index is 1.87. The van der Waals surface area contributed by atoms with Crippen molar-refractivity contribution >= 4 is 12.1 Å². The molecule has 22 heavy (non-hydrogen) atoms. The topological polar surface area (TPSA) is 72.0 Å². The van der Waals surface area contributed by atoms with E-state index in [0.29, 0.717) is 12.5 Å². The maximum Gasteiger partial charge on any atom is 0.413 e. The third kappa shape index (κ3) is 4.65. The van der Waals surface area contributed by atoms with E-state index in [1.54, 1.807) is 0 Å². The lowest BCUT2D eigenvalue weighted by Gasteiger charge is -2.14. The fourth-order valence-corrected chi connectivity index (χ4v) is 2.21. The van der Waals surface area contributed by atoms with Crippen LogP contribution in [-0.4, -0.2) is 32.3 Å². The van der Waals surface area contributed by atoms with Crippen LogP contribution in [0.3, 0.4) is 0 Å². The number of hydrogen-bond donors (Lipinski definition) is 2. The monoisotopic (exact) mass is 305 g/mol. The molecule has 2 N–H and O–H groups in total. The molecular weight excluding hydrogens is 282 g/mol. The van der Waals surface area contributed by atoms with Crippen molar-refractivity contribution in [3.05, 3.63) is 29.8 Å². The lowest BCUT2D eigenvalue weighted by atomic mass is 10.1. The van der Waals surface area contributed by atoms with Crippen molar-refractivity contribution < 1.29 is 14.3 Å². The number of aliphatic imine (C=N–C) groups is 1. The van der Waals surface area contributed by atoms with Crippen LogP contribution >= 0.6 is 0 Å². The Labute approximate surface area is 130 Å². The van der Waals surface area contributed by atoms with E-state index in [1.807, 2.05) is 24.3 Å². The number of methoxy groups -OCH3 is 1. The molecule has 1 aromatic carbocycles. The van der Waals surface area contributed by atoms with E-state index in [0.717, 1.165) is 24.3 Å². The lowest BCUT2D eigenvalue weighted by molar-refractivity contribution is 0.176. The average Bonchev–Trinajstić information content (AvgIpc) is 3.00. The van der Waals surface area contributed by atoms with Crippen LogP contribution in [0.2, 0.25) is 0 Å². The van der Waals surface area contributed by atoms with Crippen LogP contribution in [0.4, 0.5) is 4.79 Å². The summed E-state index contributed by atoms with van der Waals surface area (Å²) in [5.41, 5.74) is 1.08. The summed E-state index contributed by atoms with van der Waals surface area (Å²) in [6.45, 7) is 3.48. The first-order chi connectivity index (χ1) is 10.7. The molecule has 1 unspecified atom stereocenters. The van der Waals surface area contributed by atoms with Crippen LogP contribution in [0.1, 0.15) is 37.8 Å². The summed E-state index contributed by atoms with van der Waals surface area (Å²) in [4.78, 5) is 15.4. The van der Waals surface area contributed by atoms with Gasteiger partial charge < -0.3 is 14.8 Å². The highest BCUT2D eigenvalue weighted by molar-refractivity contribution is 5.94. The second-order valence-corrected chi connectivity index (χ2v) is 5.13. The summed E-state index contributed by atoms with van der Waals surface area (Å²) in [5, 5.41) is 5.70. The fourth-order valence-electron chi connectivity index (χ4n) is 2.21. The number of ether oxygens (including phenoxy) is 2. The van der Waals surface area contributed by atoms with Crippen molar-refractivity contribution in [3.8, 4) is 5.75 Å². The van der Waals surface area contributed by atoms with Gasteiger partial charge in [-0.2, -0.15) is 0 Å². The standard InChI is InChI=1S/C16H23N3O3/c1-3-4-5-9-22-13-8-6-7-12(10-13)14-11-17-15(18-14)19-16(20)21-2/h6-8,10,14H,3-5,9,11H2,1-2H3,(H2,17,18,19,20). The summed E-state index contributed by atoms with van der Waals surface area (Å²) in [5.74, 6) is 1.30. The Kier molecular flexibility index (Phi) is 6.06. The van der Waals surface area contributed by atoms with Gasteiger partial charge in [-0.25, -0.2) is 4.79 Å². The van der Waals surface area contributed by atoms with E-state index in [4.69, 9.17) is 4.74 Å². The summed E-state index contributed by atoms with van der Waals surface area (Å²) in [6, 6.07) is 8.00. The van der Waals surface area contributed by atoms with Gasteiger partial charge in [0.25, 0.3) is 0 Å². The van der Waals surface area contributed by atoms with Crippen molar-refractivity contribution in [2.75, 3.05) is 20.3 Å². The number of hydrogen-bond acceptors (Lipinski definition) is 5. The molecule has 1 aliphatic heterocycles. The number of alkyl carbamates (subject to hydrolysis) is 1. The first-order valence-corrected chi connectivity index (χ1v) is 7.61. The molecule has 0 saturated heterocycles. The molecule has 0 spiro atoms. The quantitative estimate of drug-likeness (QED) is 0.793. The average molecular weight is 305 g/mol. The van der Waals surface area contributed by atoms with E-state index in [-0.39, 0.29) is 6.04 Å². The normalized spacial score (nSPS) is 16.6. The Morgan fingerprint density at radius 3 is 3.09 bits per heavy atom. The van der Waals surface area contributed by atoms with E-state index >= 15 is 0 Å². The number of carbonyl (C=O) groups is 1. The molecule has 1 aromatic rings. The maximum absolute atomic E-state index is 11.2. The summed E-state index contributed by atoms with van der Waals surface area (Å²) >= 11 is 0. The van der Waals surface area contributed by atoms with Gasteiger partial charge in [-0.15, -0.1) is 0 Å². The highest BCUT2D eigenvalue weighted by Crippen LogP contribution is 2.22.